The summed E-state index contributed by atoms with van der Waals surface area (Å²) in [6, 6.07) is 5.81. The van der Waals surface area contributed by atoms with Crippen LogP contribution in [0.5, 0.6) is 0 Å². The molecule has 2 rings (SSSR count). The van der Waals surface area contributed by atoms with Gasteiger partial charge >= 0.3 is 6.09 Å². The van der Waals surface area contributed by atoms with Gasteiger partial charge in [-0.25, -0.2) is 4.79 Å². The third kappa shape index (κ3) is 4.62. The summed E-state index contributed by atoms with van der Waals surface area (Å²) >= 11 is 9.67. The zero-order chi connectivity index (χ0) is 15.6. The van der Waals surface area contributed by atoms with E-state index in [9.17, 15) is 4.79 Å². The Bertz CT molecular complexity index is 527. The number of halogens is 2. The maximum absolute atomic E-state index is 12.2. The van der Waals surface area contributed by atoms with Crippen LogP contribution in [-0.2, 0) is 4.74 Å². The summed E-state index contributed by atoms with van der Waals surface area (Å²) in [5.74, 6) is 0.291. The van der Waals surface area contributed by atoms with Crippen molar-refractivity contribution in [2.24, 2.45) is 0 Å². The van der Waals surface area contributed by atoms with Crippen molar-refractivity contribution in [2.75, 3.05) is 13.1 Å². The lowest BCUT2D eigenvalue weighted by Gasteiger charge is -2.34. The molecule has 1 aromatic carbocycles. The molecule has 1 heterocycles. The molecule has 1 aliphatic heterocycles. The number of hydrogen-bond donors (Lipinski definition) is 0. The standard InChI is InChI=1S/C16H21BrClNO2/c1-16(2,3)21-15(20)19-8-4-5-11(10-19)13-9-12(18)6-7-14(13)17/h6-7,9,11H,4-5,8,10H2,1-3H3. The van der Waals surface area contributed by atoms with Crippen molar-refractivity contribution >= 4 is 33.6 Å². The molecule has 0 radical (unpaired) electrons. The molecule has 5 heteroatoms. The fourth-order valence-electron chi connectivity index (χ4n) is 2.55. The van der Waals surface area contributed by atoms with Gasteiger partial charge in [0.25, 0.3) is 0 Å². The van der Waals surface area contributed by atoms with E-state index < -0.39 is 5.60 Å². The highest BCUT2D eigenvalue weighted by Crippen LogP contribution is 2.34. The van der Waals surface area contributed by atoms with E-state index in [0.29, 0.717) is 12.5 Å². The first-order valence-electron chi connectivity index (χ1n) is 7.19. The molecule has 1 amide bonds. The second-order valence-corrected chi connectivity index (χ2v) is 7.72. The van der Waals surface area contributed by atoms with Crippen LogP contribution in [0, 0.1) is 0 Å². The number of carbonyl (C=O) groups excluding carboxylic acids is 1. The van der Waals surface area contributed by atoms with Gasteiger partial charge in [-0.05, 0) is 57.4 Å². The Morgan fingerprint density at radius 3 is 2.81 bits per heavy atom. The molecule has 1 saturated heterocycles. The van der Waals surface area contributed by atoms with E-state index in [-0.39, 0.29) is 6.09 Å². The van der Waals surface area contributed by atoms with E-state index in [1.54, 1.807) is 4.90 Å². The van der Waals surface area contributed by atoms with Crippen molar-refractivity contribution in [2.45, 2.75) is 45.1 Å². The minimum atomic E-state index is -0.458. The Morgan fingerprint density at radius 2 is 2.14 bits per heavy atom. The molecule has 0 N–H and O–H groups in total. The fourth-order valence-corrected chi connectivity index (χ4v) is 3.30. The van der Waals surface area contributed by atoms with Gasteiger partial charge in [0.1, 0.15) is 5.60 Å². The van der Waals surface area contributed by atoms with Crippen LogP contribution in [0.2, 0.25) is 5.02 Å². The zero-order valence-corrected chi connectivity index (χ0v) is 15.0. The summed E-state index contributed by atoms with van der Waals surface area (Å²) in [4.78, 5) is 14.0. The Morgan fingerprint density at radius 1 is 1.43 bits per heavy atom. The summed E-state index contributed by atoms with van der Waals surface area (Å²) in [6.45, 7) is 7.09. The van der Waals surface area contributed by atoms with Gasteiger partial charge in [0, 0.05) is 28.5 Å². The summed E-state index contributed by atoms with van der Waals surface area (Å²) in [7, 11) is 0. The van der Waals surface area contributed by atoms with Gasteiger partial charge in [-0.2, -0.15) is 0 Å². The Labute approximate surface area is 139 Å². The van der Waals surface area contributed by atoms with E-state index in [2.05, 4.69) is 15.9 Å². The fraction of sp³-hybridized carbons (Fsp3) is 0.562. The molecule has 0 aliphatic carbocycles. The molecular formula is C16H21BrClNO2. The maximum Gasteiger partial charge on any atom is 0.410 e. The Balaban J connectivity index is 2.10. The highest BCUT2D eigenvalue weighted by Gasteiger charge is 2.29. The van der Waals surface area contributed by atoms with Crippen LogP contribution < -0.4 is 0 Å². The highest BCUT2D eigenvalue weighted by molar-refractivity contribution is 9.10. The second-order valence-electron chi connectivity index (χ2n) is 6.43. The van der Waals surface area contributed by atoms with Gasteiger partial charge < -0.3 is 9.64 Å². The minimum absolute atomic E-state index is 0.231. The predicted octanol–water partition coefficient (Wildman–Crippen LogP) is 5.22. The van der Waals surface area contributed by atoms with E-state index in [1.807, 2.05) is 39.0 Å². The normalized spacial score (nSPS) is 19.5. The number of nitrogens with zero attached hydrogens (tertiary/aromatic N) is 1. The summed E-state index contributed by atoms with van der Waals surface area (Å²) < 4.78 is 6.51. The van der Waals surface area contributed by atoms with Crippen LogP contribution in [0.25, 0.3) is 0 Å². The summed E-state index contributed by atoms with van der Waals surface area (Å²) in [5, 5.41) is 0.725. The first kappa shape index (κ1) is 16.6. The molecule has 0 aromatic heterocycles. The van der Waals surface area contributed by atoms with Crippen molar-refractivity contribution in [1.82, 2.24) is 4.90 Å². The molecule has 1 aromatic rings. The zero-order valence-electron chi connectivity index (χ0n) is 12.7. The molecule has 1 fully saturated rings. The van der Waals surface area contributed by atoms with Crippen molar-refractivity contribution in [3.8, 4) is 0 Å². The van der Waals surface area contributed by atoms with Crippen LogP contribution in [0.3, 0.4) is 0 Å². The summed E-state index contributed by atoms with van der Waals surface area (Å²) in [6.07, 6.45) is 1.80. The van der Waals surface area contributed by atoms with Gasteiger partial charge in [-0.3, -0.25) is 0 Å². The van der Waals surface area contributed by atoms with Crippen LogP contribution in [0.15, 0.2) is 22.7 Å². The van der Waals surface area contributed by atoms with Crippen molar-refractivity contribution in [3.05, 3.63) is 33.3 Å². The molecule has 0 saturated carbocycles. The number of benzene rings is 1. The Hall–Kier alpha value is -0.740. The van der Waals surface area contributed by atoms with E-state index in [0.717, 1.165) is 34.4 Å². The van der Waals surface area contributed by atoms with Gasteiger partial charge in [-0.1, -0.05) is 27.5 Å². The van der Waals surface area contributed by atoms with Gasteiger partial charge in [0.05, 0.1) is 0 Å². The van der Waals surface area contributed by atoms with E-state index in [4.69, 9.17) is 16.3 Å². The van der Waals surface area contributed by atoms with Gasteiger partial charge in [0.2, 0.25) is 0 Å². The smallest absolute Gasteiger partial charge is 0.410 e. The quantitative estimate of drug-likeness (QED) is 0.674. The topological polar surface area (TPSA) is 29.5 Å². The first-order chi connectivity index (χ1) is 9.76. The van der Waals surface area contributed by atoms with Crippen LogP contribution in [0.1, 0.15) is 45.1 Å². The van der Waals surface area contributed by atoms with Crippen LogP contribution >= 0.6 is 27.5 Å². The van der Waals surface area contributed by atoms with Gasteiger partial charge in [0.15, 0.2) is 0 Å². The lowest BCUT2D eigenvalue weighted by molar-refractivity contribution is 0.0198. The van der Waals surface area contributed by atoms with Gasteiger partial charge in [-0.15, -0.1) is 0 Å². The number of hydrogen-bond acceptors (Lipinski definition) is 2. The summed E-state index contributed by atoms with van der Waals surface area (Å²) in [5.41, 5.74) is 0.705. The molecule has 0 spiro atoms. The highest BCUT2D eigenvalue weighted by atomic mass is 79.9. The lowest BCUT2D eigenvalue weighted by atomic mass is 9.91. The van der Waals surface area contributed by atoms with E-state index in [1.165, 1.54) is 0 Å². The first-order valence-corrected chi connectivity index (χ1v) is 8.36. The molecule has 116 valence electrons. The molecular weight excluding hydrogens is 354 g/mol. The molecule has 1 atom stereocenters. The number of rotatable bonds is 1. The van der Waals surface area contributed by atoms with Crippen molar-refractivity contribution in [1.29, 1.82) is 0 Å². The number of ether oxygens (including phenoxy) is 1. The minimum Gasteiger partial charge on any atom is -0.444 e. The molecule has 1 unspecified atom stereocenters. The third-order valence-electron chi connectivity index (χ3n) is 3.47. The number of amides is 1. The molecule has 0 bridgehead atoms. The lowest BCUT2D eigenvalue weighted by Crippen LogP contribution is -2.42. The molecule has 3 nitrogen and oxygen atoms in total. The SMILES string of the molecule is CC(C)(C)OC(=O)N1CCCC(c2cc(Cl)ccc2Br)C1. The predicted molar refractivity (Wildman–Crippen MR) is 88.9 cm³/mol. The molecule has 21 heavy (non-hydrogen) atoms. The van der Waals surface area contributed by atoms with Crippen molar-refractivity contribution < 1.29 is 9.53 Å². The number of carbonyl (C=O) groups is 1. The third-order valence-corrected chi connectivity index (χ3v) is 4.43. The monoisotopic (exact) mass is 373 g/mol. The maximum atomic E-state index is 12.2. The largest absolute Gasteiger partial charge is 0.444 e. The average Bonchev–Trinajstić information content (AvgIpc) is 2.40. The average molecular weight is 375 g/mol. The van der Waals surface area contributed by atoms with Crippen LogP contribution in [-0.4, -0.2) is 29.7 Å². The number of piperidine rings is 1. The van der Waals surface area contributed by atoms with Crippen LogP contribution in [0.4, 0.5) is 4.79 Å². The number of likely N-dealkylation sites (tertiary alicyclic amines) is 1. The Kier molecular flexibility index (Phi) is 5.20. The van der Waals surface area contributed by atoms with Crippen molar-refractivity contribution in [3.63, 3.8) is 0 Å². The van der Waals surface area contributed by atoms with E-state index >= 15 is 0 Å². The molecule has 1 aliphatic rings. The second kappa shape index (κ2) is 6.57.